The van der Waals surface area contributed by atoms with Gasteiger partial charge in [-0.05, 0) is 41.2 Å². The molecule has 3 heteroatoms. The van der Waals surface area contributed by atoms with E-state index in [1.807, 2.05) is 0 Å². The Bertz CT molecular complexity index is 230. The monoisotopic (exact) mass is 241 g/mol. The summed E-state index contributed by atoms with van der Waals surface area (Å²) in [6.45, 7) is 17.4. The molecule has 0 aromatic carbocycles. The third-order valence-electron chi connectivity index (χ3n) is 4.50. The van der Waals surface area contributed by atoms with E-state index in [-0.39, 0.29) is 5.54 Å². The fourth-order valence-electron chi connectivity index (χ4n) is 2.43. The van der Waals surface area contributed by atoms with Crippen molar-refractivity contribution < 1.29 is 0 Å². The van der Waals surface area contributed by atoms with Crippen LogP contribution in [0.2, 0.25) is 0 Å². The van der Waals surface area contributed by atoms with E-state index in [2.05, 4.69) is 56.8 Å². The van der Waals surface area contributed by atoms with E-state index in [9.17, 15) is 0 Å². The molecule has 1 fully saturated rings. The summed E-state index contributed by atoms with van der Waals surface area (Å²) >= 11 is 0. The molecule has 0 spiro atoms. The summed E-state index contributed by atoms with van der Waals surface area (Å²) < 4.78 is 0. The highest BCUT2D eigenvalue weighted by Crippen LogP contribution is 2.22. The summed E-state index contributed by atoms with van der Waals surface area (Å²) in [6.07, 6.45) is 1.20. The summed E-state index contributed by atoms with van der Waals surface area (Å²) in [6, 6.07) is 0. The molecule has 1 aliphatic heterocycles. The Morgan fingerprint density at radius 1 is 1.12 bits per heavy atom. The van der Waals surface area contributed by atoms with Crippen LogP contribution < -0.4 is 5.32 Å². The Balaban J connectivity index is 2.58. The van der Waals surface area contributed by atoms with Gasteiger partial charge < -0.3 is 5.32 Å². The zero-order valence-corrected chi connectivity index (χ0v) is 12.6. The molecule has 0 atom stereocenters. The van der Waals surface area contributed by atoms with E-state index in [4.69, 9.17) is 0 Å². The number of hydrogen-bond donors (Lipinski definition) is 1. The van der Waals surface area contributed by atoms with Crippen LogP contribution in [0.3, 0.4) is 0 Å². The third-order valence-corrected chi connectivity index (χ3v) is 4.50. The van der Waals surface area contributed by atoms with E-state index in [0.29, 0.717) is 5.54 Å². The van der Waals surface area contributed by atoms with Gasteiger partial charge in [0.1, 0.15) is 0 Å². The summed E-state index contributed by atoms with van der Waals surface area (Å²) in [7, 11) is 2.26. The smallest absolute Gasteiger partial charge is 0.0281 e. The summed E-state index contributed by atoms with van der Waals surface area (Å²) in [5.74, 6) is 0. The first-order chi connectivity index (χ1) is 7.79. The maximum Gasteiger partial charge on any atom is 0.0281 e. The maximum absolute atomic E-state index is 3.43. The Morgan fingerprint density at radius 2 is 1.65 bits per heavy atom. The molecule has 17 heavy (non-hydrogen) atoms. The van der Waals surface area contributed by atoms with Gasteiger partial charge in [-0.15, -0.1) is 0 Å². The van der Waals surface area contributed by atoms with Crippen molar-refractivity contribution in [1.29, 1.82) is 0 Å². The van der Waals surface area contributed by atoms with E-state index in [1.54, 1.807) is 0 Å². The molecule has 1 heterocycles. The molecule has 1 N–H and O–H groups in total. The predicted molar refractivity (Wildman–Crippen MR) is 75.5 cm³/mol. The molecule has 0 radical (unpaired) electrons. The van der Waals surface area contributed by atoms with Gasteiger partial charge in [0, 0.05) is 43.8 Å². The minimum atomic E-state index is 0.267. The summed E-state index contributed by atoms with van der Waals surface area (Å²) in [5.41, 5.74) is 0.564. The molecule has 0 aliphatic carbocycles. The lowest BCUT2D eigenvalue weighted by atomic mass is 9.94. The summed E-state index contributed by atoms with van der Waals surface area (Å²) in [5, 5.41) is 3.43. The maximum atomic E-state index is 3.43. The lowest BCUT2D eigenvalue weighted by Crippen LogP contribution is -2.59. The Labute approximate surface area is 108 Å². The number of rotatable bonds is 5. The fraction of sp³-hybridized carbons (Fsp3) is 1.00. The van der Waals surface area contributed by atoms with Gasteiger partial charge in [0.05, 0.1) is 0 Å². The van der Waals surface area contributed by atoms with Crippen molar-refractivity contribution in [1.82, 2.24) is 15.1 Å². The predicted octanol–water partition coefficient (Wildman–Crippen LogP) is 1.79. The number of likely N-dealkylation sites (N-methyl/N-ethyl adjacent to an activating group) is 1. The second kappa shape index (κ2) is 5.68. The van der Waals surface area contributed by atoms with E-state index >= 15 is 0 Å². The molecule has 0 aromatic rings. The van der Waals surface area contributed by atoms with Gasteiger partial charge in [-0.3, -0.25) is 9.80 Å². The minimum absolute atomic E-state index is 0.267. The van der Waals surface area contributed by atoms with E-state index < -0.39 is 0 Å². The molecule has 0 unspecified atom stereocenters. The molecule has 0 bridgehead atoms. The second-order valence-electron chi connectivity index (χ2n) is 6.57. The molecular formula is C14H31N3. The molecule has 1 saturated heterocycles. The van der Waals surface area contributed by atoms with Crippen molar-refractivity contribution in [2.45, 2.75) is 52.1 Å². The molecule has 0 amide bonds. The van der Waals surface area contributed by atoms with Gasteiger partial charge in [0.25, 0.3) is 0 Å². The van der Waals surface area contributed by atoms with Crippen LogP contribution >= 0.6 is 0 Å². The summed E-state index contributed by atoms with van der Waals surface area (Å²) in [4.78, 5) is 5.13. The van der Waals surface area contributed by atoms with E-state index in [1.165, 1.54) is 19.5 Å². The highest BCUT2D eigenvalue weighted by atomic mass is 15.3. The Kier molecular flexibility index (Phi) is 4.99. The van der Waals surface area contributed by atoms with E-state index in [0.717, 1.165) is 19.6 Å². The average Bonchev–Trinajstić information content (AvgIpc) is 2.29. The van der Waals surface area contributed by atoms with Crippen molar-refractivity contribution in [3.05, 3.63) is 0 Å². The van der Waals surface area contributed by atoms with Crippen molar-refractivity contribution >= 4 is 0 Å². The van der Waals surface area contributed by atoms with Crippen LogP contribution in [0, 0.1) is 0 Å². The molecule has 1 aliphatic rings. The fourth-order valence-corrected chi connectivity index (χ4v) is 2.43. The van der Waals surface area contributed by atoms with Gasteiger partial charge in [-0.25, -0.2) is 0 Å². The molecular weight excluding hydrogens is 210 g/mol. The lowest BCUT2D eigenvalue weighted by molar-refractivity contribution is 0.0355. The minimum Gasteiger partial charge on any atom is -0.314 e. The second-order valence-corrected chi connectivity index (χ2v) is 6.57. The van der Waals surface area contributed by atoms with Crippen LogP contribution in [0.25, 0.3) is 0 Å². The highest BCUT2D eigenvalue weighted by Gasteiger charge is 2.32. The first-order valence-corrected chi connectivity index (χ1v) is 6.96. The van der Waals surface area contributed by atoms with Crippen molar-refractivity contribution in [2.75, 3.05) is 39.8 Å². The van der Waals surface area contributed by atoms with Crippen LogP contribution in [-0.4, -0.2) is 60.6 Å². The molecule has 102 valence electrons. The topological polar surface area (TPSA) is 18.5 Å². The molecule has 1 rings (SSSR count). The quantitative estimate of drug-likeness (QED) is 0.792. The van der Waals surface area contributed by atoms with Crippen LogP contribution in [-0.2, 0) is 0 Å². The first-order valence-electron chi connectivity index (χ1n) is 6.96. The normalized spacial score (nSPS) is 19.9. The largest absolute Gasteiger partial charge is 0.314 e. The average molecular weight is 241 g/mol. The molecule has 3 nitrogen and oxygen atoms in total. The van der Waals surface area contributed by atoms with Crippen molar-refractivity contribution in [3.63, 3.8) is 0 Å². The van der Waals surface area contributed by atoms with Gasteiger partial charge in [-0.2, -0.15) is 0 Å². The van der Waals surface area contributed by atoms with Gasteiger partial charge in [0.15, 0.2) is 0 Å². The van der Waals surface area contributed by atoms with Crippen LogP contribution in [0.5, 0.6) is 0 Å². The standard InChI is InChI=1S/C14H31N3/c1-7-13(2,3)16(6)12-14(4,5)17-10-8-15-9-11-17/h15H,7-12H2,1-6H3. The number of nitrogens with zero attached hydrogens (tertiary/aromatic N) is 2. The van der Waals surface area contributed by atoms with Crippen molar-refractivity contribution in [3.8, 4) is 0 Å². The molecule has 0 saturated carbocycles. The van der Waals surface area contributed by atoms with Crippen LogP contribution in [0.15, 0.2) is 0 Å². The Hall–Kier alpha value is -0.120. The first kappa shape index (κ1) is 14.9. The zero-order chi connectivity index (χ0) is 13.1. The SMILES string of the molecule is CCC(C)(C)N(C)CC(C)(C)N1CCNCC1. The van der Waals surface area contributed by atoms with Gasteiger partial charge in [0.2, 0.25) is 0 Å². The van der Waals surface area contributed by atoms with Crippen molar-refractivity contribution in [2.24, 2.45) is 0 Å². The lowest BCUT2D eigenvalue weighted by Gasteiger charge is -2.46. The molecule has 0 aromatic heterocycles. The van der Waals surface area contributed by atoms with Gasteiger partial charge in [-0.1, -0.05) is 6.92 Å². The zero-order valence-electron chi connectivity index (χ0n) is 12.6. The van der Waals surface area contributed by atoms with Crippen LogP contribution in [0.4, 0.5) is 0 Å². The number of piperazine rings is 1. The highest BCUT2D eigenvalue weighted by molar-refractivity contribution is 4.90. The number of nitrogens with one attached hydrogen (secondary N) is 1. The van der Waals surface area contributed by atoms with Gasteiger partial charge >= 0.3 is 0 Å². The third kappa shape index (κ3) is 3.94. The van der Waals surface area contributed by atoms with Crippen LogP contribution in [0.1, 0.15) is 41.0 Å². The Morgan fingerprint density at radius 3 is 2.12 bits per heavy atom. The number of hydrogen-bond acceptors (Lipinski definition) is 3.